The Bertz CT molecular complexity index is 1580. The highest BCUT2D eigenvalue weighted by Crippen LogP contribution is 2.30. The molecule has 196 valence electrons. The van der Waals surface area contributed by atoms with E-state index in [1.54, 1.807) is 10.3 Å². The SMILES string of the molecule is Cc1nnsc1-c1nc(C(=O)N2CCC(Cn3c(=O)cc(Nc4ccc5c(c4)CCC5)[nH]c3=O)CC2)cs1. The van der Waals surface area contributed by atoms with E-state index in [1.165, 1.54) is 44.6 Å². The van der Waals surface area contributed by atoms with Crippen molar-refractivity contribution in [1.82, 2.24) is 29.0 Å². The summed E-state index contributed by atoms with van der Waals surface area (Å²) in [6, 6.07) is 7.61. The molecule has 10 nitrogen and oxygen atoms in total. The van der Waals surface area contributed by atoms with E-state index in [2.05, 4.69) is 37.0 Å². The van der Waals surface area contributed by atoms with Gasteiger partial charge in [0.05, 0.1) is 5.69 Å². The Balaban J connectivity index is 1.07. The number of aryl methyl sites for hydroxylation is 3. The number of piperidine rings is 1. The van der Waals surface area contributed by atoms with Crippen molar-refractivity contribution in [2.45, 2.75) is 45.6 Å². The summed E-state index contributed by atoms with van der Waals surface area (Å²) >= 11 is 2.69. The van der Waals surface area contributed by atoms with Gasteiger partial charge in [-0.25, -0.2) is 9.78 Å². The molecule has 0 unspecified atom stereocenters. The summed E-state index contributed by atoms with van der Waals surface area (Å²) in [5, 5.41) is 9.71. The molecule has 0 atom stereocenters. The zero-order chi connectivity index (χ0) is 26.2. The van der Waals surface area contributed by atoms with Crippen LogP contribution in [0.5, 0.6) is 0 Å². The summed E-state index contributed by atoms with van der Waals surface area (Å²) in [4.78, 5) is 48.6. The van der Waals surface area contributed by atoms with Gasteiger partial charge in [-0.2, -0.15) is 0 Å². The van der Waals surface area contributed by atoms with Crippen LogP contribution in [0.3, 0.4) is 0 Å². The van der Waals surface area contributed by atoms with Gasteiger partial charge in [0.1, 0.15) is 21.4 Å². The Morgan fingerprint density at radius 1 is 1.16 bits per heavy atom. The highest BCUT2D eigenvalue weighted by Gasteiger charge is 2.26. The summed E-state index contributed by atoms with van der Waals surface area (Å²) in [7, 11) is 0. The van der Waals surface area contributed by atoms with Gasteiger partial charge < -0.3 is 10.2 Å². The molecule has 1 aliphatic heterocycles. The van der Waals surface area contributed by atoms with E-state index in [4.69, 9.17) is 0 Å². The topological polar surface area (TPSA) is 126 Å². The molecule has 0 radical (unpaired) electrons. The van der Waals surface area contributed by atoms with Gasteiger partial charge in [-0.05, 0) is 79.7 Å². The molecule has 12 heteroatoms. The molecule has 4 heterocycles. The van der Waals surface area contributed by atoms with Crippen LogP contribution in [0.15, 0.2) is 39.2 Å². The average Bonchev–Trinajstić information content (AvgIpc) is 3.67. The third-order valence-electron chi connectivity index (χ3n) is 7.31. The van der Waals surface area contributed by atoms with E-state index >= 15 is 0 Å². The molecular formula is C26H27N7O3S2. The van der Waals surface area contributed by atoms with Crippen molar-refractivity contribution < 1.29 is 4.79 Å². The highest BCUT2D eigenvalue weighted by molar-refractivity contribution is 7.18. The first-order valence-electron chi connectivity index (χ1n) is 12.7. The summed E-state index contributed by atoms with van der Waals surface area (Å²) < 4.78 is 5.20. The number of carbonyl (C=O) groups is 1. The number of fused-ring (bicyclic) bond motifs is 1. The molecule has 38 heavy (non-hydrogen) atoms. The van der Waals surface area contributed by atoms with E-state index in [9.17, 15) is 14.4 Å². The predicted molar refractivity (Wildman–Crippen MR) is 147 cm³/mol. The van der Waals surface area contributed by atoms with Gasteiger partial charge >= 0.3 is 5.69 Å². The Morgan fingerprint density at radius 2 is 1.97 bits per heavy atom. The second-order valence-electron chi connectivity index (χ2n) is 9.86. The first-order valence-corrected chi connectivity index (χ1v) is 14.4. The molecule has 2 N–H and O–H groups in total. The maximum atomic E-state index is 13.0. The number of hydrogen-bond acceptors (Lipinski definition) is 9. The maximum Gasteiger partial charge on any atom is 0.329 e. The van der Waals surface area contributed by atoms with Crippen molar-refractivity contribution in [1.29, 1.82) is 0 Å². The molecule has 0 bridgehead atoms. The molecule has 0 saturated carbocycles. The first kappa shape index (κ1) is 24.7. The quantitative estimate of drug-likeness (QED) is 0.376. The second-order valence-corrected chi connectivity index (χ2v) is 11.5. The minimum atomic E-state index is -0.428. The monoisotopic (exact) mass is 549 g/mol. The average molecular weight is 550 g/mol. The Hall–Kier alpha value is -3.64. The molecule has 6 rings (SSSR count). The minimum absolute atomic E-state index is 0.0990. The third-order valence-corrected chi connectivity index (χ3v) is 9.13. The summed E-state index contributed by atoms with van der Waals surface area (Å²) in [6.45, 7) is 3.32. The normalized spacial score (nSPS) is 15.6. The first-order chi connectivity index (χ1) is 18.4. The van der Waals surface area contributed by atoms with Gasteiger partial charge in [0.25, 0.3) is 11.5 Å². The third kappa shape index (κ3) is 4.93. The fourth-order valence-corrected chi connectivity index (χ4v) is 6.79. The number of carbonyl (C=O) groups excluding carboxylic acids is 1. The van der Waals surface area contributed by atoms with Gasteiger partial charge in [-0.15, -0.1) is 16.4 Å². The maximum absolute atomic E-state index is 13.0. The van der Waals surface area contributed by atoms with Gasteiger partial charge in [-0.1, -0.05) is 10.6 Å². The van der Waals surface area contributed by atoms with Crippen molar-refractivity contribution in [2.75, 3.05) is 18.4 Å². The molecular weight excluding hydrogens is 522 g/mol. The molecule has 0 spiro atoms. The van der Waals surface area contributed by atoms with Crippen molar-refractivity contribution in [3.05, 3.63) is 73.0 Å². The fourth-order valence-electron chi connectivity index (χ4n) is 5.21. The number of nitrogens with zero attached hydrogens (tertiary/aromatic N) is 5. The minimum Gasteiger partial charge on any atom is -0.342 e. The van der Waals surface area contributed by atoms with E-state index in [0.29, 0.717) is 44.0 Å². The number of aromatic nitrogens is 5. The molecule has 4 aromatic rings. The number of hydrogen-bond donors (Lipinski definition) is 2. The van der Waals surface area contributed by atoms with Crippen LogP contribution in [0, 0.1) is 12.8 Å². The largest absolute Gasteiger partial charge is 0.342 e. The van der Waals surface area contributed by atoms with Crippen LogP contribution in [0.25, 0.3) is 9.88 Å². The standard InChI is InChI=1S/C26H27N7O3S2/c1-15-23(38-31-30-15)24-28-20(14-37-24)25(35)32-9-7-16(8-10-32)13-33-22(34)12-21(29-26(33)36)27-19-6-5-17-3-2-4-18(17)11-19/h5-6,11-12,14,16,27H,2-4,7-10,13H2,1H3,(H,29,36). The molecule has 1 aromatic carbocycles. The fraction of sp³-hybridized carbons (Fsp3) is 0.385. The second kappa shape index (κ2) is 10.3. The predicted octanol–water partition coefficient (Wildman–Crippen LogP) is 3.60. The van der Waals surface area contributed by atoms with Gasteiger partial charge in [0.15, 0.2) is 0 Å². The molecule has 2 aliphatic rings. The molecule has 3 aromatic heterocycles. The number of anilines is 2. The van der Waals surface area contributed by atoms with Crippen LogP contribution in [-0.2, 0) is 19.4 Å². The number of rotatable bonds is 6. The van der Waals surface area contributed by atoms with E-state index in [0.717, 1.165) is 40.5 Å². The van der Waals surface area contributed by atoms with Gasteiger partial charge in [-0.3, -0.25) is 19.1 Å². The summed E-state index contributed by atoms with van der Waals surface area (Å²) in [5.41, 5.74) is 4.02. The van der Waals surface area contributed by atoms with Crippen molar-refractivity contribution in [3.63, 3.8) is 0 Å². The van der Waals surface area contributed by atoms with Crippen LogP contribution in [0.4, 0.5) is 11.5 Å². The van der Waals surface area contributed by atoms with E-state index in [1.807, 2.05) is 13.0 Å². The smallest absolute Gasteiger partial charge is 0.329 e. The van der Waals surface area contributed by atoms with Gasteiger partial charge in [0.2, 0.25) is 0 Å². The lowest BCUT2D eigenvalue weighted by Crippen LogP contribution is -2.42. The summed E-state index contributed by atoms with van der Waals surface area (Å²) in [6.07, 6.45) is 4.74. The number of nitrogens with one attached hydrogen (secondary N) is 2. The number of benzene rings is 1. The molecule has 1 fully saturated rings. The number of likely N-dealkylation sites (tertiary alicyclic amines) is 1. The Morgan fingerprint density at radius 3 is 2.74 bits per heavy atom. The zero-order valence-electron chi connectivity index (χ0n) is 20.9. The zero-order valence-corrected chi connectivity index (χ0v) is 22.5. The van der Waals surface area contributed by atoms with Crippen molar-refractivity contribution in [2.24, 2.45) is 5.92 Å². The van der Waals surface area contributed by atoms with Crippen molar-refractivity contribution >= 4 is 40.3 Å². The lowest BCUT2D eigenvalue weighted by Gasteiger charge is -2.31. The van der Waals surface area contributed by atoms with Gasteiger partial charge in [0, 0.05) is 36.8 Å². The lowest BCUT2D eigenvalue weighted by molar-refractivity contribution is 0.0676. The summed E-state index contributed by atoms with van der Waals surface area (Å²) in [5.74, 6) is 0.421. The van der Waals surface area contributed by atoms with Crippen LogP contribution in [0.1, 0.15) is 46.6 Å². The Kier molecular flexibility index (Phi) is 6.66. The van der Waals surface area contributed by atoms with Crippen LogP contribution < -0.4 is 16.6 Å². The molecule has 1 saturated heterocycles. The van der Waals surface area contributed by atoms with Crippen LogP contribution in [0.2, 0.25) is 0 Å². The number of H-pyrrole nitrogens is 1. The van der Waals surface area contributed by atoms with Crippen LogP contribution in [-0.4, -0.2) is 48.0 Å². The van der Waals surface area contributed by atoms with Crippen molar-refractivity contribution in [3.8, 4) is 9.88 Å². The number of amides is 1. The Labute approximate surface area is 226 Å². The highest BCUT2D eigenvalue weighted by atomic mass is 32.1. The lowest BCUT2D eigenvalue weighted by atomic mass is 9.96. The molecule has 1 amide bonds. The van der Waals surface area contributed by atoms with E-state index < -0.39 is 5.69 Å². The molecule has 1 aliphatic carbocycles. The number of thiazole rings is 1. The van der Waals surface area contributed by atoms with Crippen LogP contribution >= 0.6 is 22.9 Å². The van der Waals surface area contributed by atoms with E-state index in [-0.39, 0.29) is 17.4 Å². The number of aromatic amines is 1.